The van der Waals surface area contributed by atoms with Gasteiger partial charge in [-0.2, -0.15) is 0 Å². The lowest BCUT2D eigenvalue weighted by Crippen LogP contribution is -1.89. The van der Waals surface area contributed by atoms with E-state index < -0.39 is 5.97 Å². The van der Waals surface area contributed by atoms with Gasteiger partial charge in [-0.15, -0.1) is 0 Å². The molecule has 0 atom stereocenters. The first-order valence-corrected chi connectivity index (χ1v) is 5.19. The summed E-state index contributed by atoms with van der Waals surface area (Å²) in [4.78, 5) is 13.8. The van der Waals surface area contributed by atoms with Crippen LogP contribution in [0.2, 0.25) is 0 Å². The van der Waals surface area contributed by atoms with E-state index in [9.17, 15) is 4.79 Å². The number of aliphatic carboxylic acids is 1. The van der Waals surface area contributed by atoms with Crippen LogP contribution in [0.15, 0.2) is 30.5 Å². The molecule has 88 valence electrons. The molecule has 0 aliphatic heterocycles. The molecule has 0 unspecified atom stereocenters. The van der Waals surface area contributed by atoms with Gasteiger partial charge in [0.1, 0.15) is 5.75 Å². The number of hydrogen-bond donors (Lipinski definition) is 2. The van der Waals surface area contributed by atoms with E-state index in [0.717, 1.165) is 22.2 Å². The number of carboxylic acid groups (broad SMARTS) is 1. The van der Waals surface area contributed by atoms with E-state index in [1.807, 2.05) is 18.2 Å². The number of hydrogen-bond acceptors (Lipinski definition) is 2. The maximum atomic E-state index is 10.7. The Morgan fingerprint density at radius 1 is 1.47 bits per heavy atom. The Bertz CT molecular complexity index is 596. The highest BCUT2D eigenvalue weighted by molar-refractivity contribution is 5.99. The van der Waals surface area contributed by atoms with Crippen molar-refractivity contribution in [3.63, 3.8) is 0 Å². The van der Waals surface area contributed by atoms with Crippen LogP contribution in [0.25, 0.3) is 16.5 Å². The zero-order valence-corrected chi connectivity index (χ0v) is 9.65. The molecule has 1 aromatic carbocycles. The van der Waals surface area contributed by atoms with E-state index >= 15 is 0 Å². The molecule has 1 aromatic heterocycles. The molecule has 0 bridgehead atoms. The van der Waals surface area contributed by atoms with Crippen LogP contribution in [0.5, 0.6) is 5.75 Å². The molecule has 0 saturated heterocycles. The molecule has 0 spiro atoms. The first kappa shape index (κ1) is 11.3. The predicted octanol–water partition coefficient (Wildman–Crippen LogP) is 2.66. The second kappa shape index (κ2) is 4.33. The molecule has 2 rings (SSSR count). The third-order valence-electron chi connectivity index (χ3n) is 2.66. The number of carbonyl (C=O) groups is 1. The van der Waals surface area contributed by atoms with Gasteiger partial charge in [0, 0.05) is 23.2 Å². The van der Waals surface area contributed by atoms with E-state index in [1.54, 1.807) is 20.2 Å². The molecule has 0 aliphatic carbocycles. The fraction of sp³-hybridized carbons (Fsp3) is 0.154. The second-order valence-electron chi connectivity index (χ2n) is 3.75. The number of ether oxygens (including phenoxy) is 1. The smallest absolute Gasteiger partial charge is 0.328 e. The standard InChI is InChI=1S/C13H13NO3/c1-8(6-12(15)16)10-7-14-13-9(10)4-3-5-11(13)17-2/h3-7,14H,1-2H3,(H,15,16)/b8-6+. The summed E-state index contributed by atoms with van der Waals surface area (Å²) in [6.45, 7) is 1.77. The average molecular weight is 231 g/mol. The van der Waals surface area contributed by atoms with Crippen molar-refractivity contribution in [1.29, 1.82) is 0 Å². The van der Waals surface area contributed by atoms with Crippen molar-refractivity contribution in [2.75, 3.05) is 7.11 Å². The van der Waals surface area contributed by atoms with Gasteiger partial charge in [0.25, 0.3) is 0 Å². The Hall–Kier alpha value is -2.23. The molecule has 0 saturated carbocycles. The van der Waals surface area contributed by atoms with E-state index in [1.165, 1.54) is 6.08 Å². The Balaban J connectivity index is 2.61. The molecular weight excluding hydrogens is 218 g/mol. The predicted molar refractivity (Wildman–Crippen MR) is 66.1 cm³/mol. The van der Waals surface area contributed by atoms with Gasteiger partial charge in [-0.1, -0.05) is 12.1 Å². The molecule has 4 heteroatoms. The molecule has 0 aliphatic rings. The normalized spacial score (nSPS) is 11.8. The van der Waals surface area contributed by atoms with Gasteiger partial charge in [-0.3, -0.25) is 0 Å². The molecule has 4 nitrogen and oxygen atoms in total. The quantitative estimate of drug-likeness (QED) is 0.798. The van der Waals surface area contributed by atoms with Crippen molar-refractivity contribution in [2.24, 2.45) is 0 Å². The van der Waals surface area contributed by atoms with Gasteiger partial charge < -0.3 is 14.8 Å². The Kier molecular flexibility index (Phi) is 2.87. The first-order valence-electron chi connectivity index (χ1n) is 5.19. The number of aromatic amines is 1. The Morgan fingerprint density at radius 2 is 2.24 bits per heavy atom. The van der Waals surface area contributed by atoms with Crippen molar-refractivity contribution in [2.45, 2.75) is 6.92 Å². The number of rotatable bonds is 3. The summed E-state index contributed by atoms with van der Waals surface area (Å²) in [6, 6.07) is 5.67. The van der Waals surface area contributed by atoms with Gasteiger partial charge in [-0.25, -0.2) is 4.79 Å². The highest BCUT2D eigenvalue weighted by Gasteiger charge is 2.09. The third kappa shape index (κ3) is 2.01. The SMILES string of the molecule is COc1cccc2c(/C(C)=C/C(=O)O)c[nH]c12. The summed E-state index contributed by atoms with van der Waals surface area (Å²) in [5.41, 5.74) is 2.46. The lowest BCUT2D eigenvalue weighted by Gasteiger charge is -2.02. The Labute approximate surface area is 98.5 Å². The number of carboxylic acids is 1. The topological polar surface area (TPSA) is 62.3 Å². The summed E-state index contributed by atoms with van der Waals surface area (Å²) in [6.07, 6.45) is 2.99. The summed E-state index contributed by atoms with van der Waals surface area (Å²) >= 11 is 0. The van der Waals surface area contributed by atoms with Gasteiger partial charge >= 0.3 is 5.97 Å². The molecule has 0 radical (unpaired) electrons. The van der Waals surface area contributed by atoms with Crippen LogP contribution in [0.4, 0.5) is 0 Å². The fourth-order valence-corrected chi connectivity index (χ4v) is 1.89. The number of fused-ring (bicyclic) bond motifs is 1. The van der Waals surface area contributed by atoms with Crippen LogP contribution in [0, 0.1) is 0 Å². The van der Waals surface area contributed by atoms with E-state index in [0.29, 0.717) is 5.57 Å². The van der Waals surface area contributed by atoms with Crippen LogP contribution in [-0.2, 0) is 4.79 Å². The highest BCUT2D eigenvalue weighted by Crippen LogP contribution is 2.30. The second-order valence-corrected chi connectivity index (χ2v) is 3.75. The van der Waals surface area contributed by atoms with Crippen molar-refractivity contribution in [1.82, 2.24) is 4.98 Å². The van der Waals surface area contributed by atoms with Crippen LogP contribution in [-0.4, -0.2) is 23.2 Å². The maximum Gasteiger partial charge on any atom is 0.328 e. The minimum absolute atomic E-state index is 0.706. The Morgan fingerprint density at radius 3 is 2.88 bits per heavy atom. The lowest BCUT2D eigenvalue weighted by molar-refractivity contribution is -0.131. The summed E-state index contributed by atoms with van der Waals surface area (Å²) < 4.78 is 5.23. The van der Waals surface area contributed by atoms with E-state index in [-0.39, 0.29) is 0 Å². The molecule has 17 heavy (non-hydrogen) atoms. The van der Waals surface area contributed by atoms with Crippen molar-refractivity contribution in [3.05, 3.63) is 36.0 Å². The average Bonchev–Trinajstić information content (AvgIpc) is 2.71. The number of benzene rings is 1. The third-order valence-corrected chi connectivity index (χ3v) is 2.66. The van der Waals surface area contributed by atoms with E-state index in [2.05, 4.69) is 4.98 Å². The van der Waals surface area contributed by atoms with Crippen LogP contribution < -0.4 is 4.74 Å². The number of allylic oxidation sites excluding steroid dienone is 1. The van der Waals surface area contributed by atoms with Gasteiger partial charge in [0.15, 0.2) is 0 Å². The number of methoxy groups -OCH3 is 1. The van der Waals surface area contributed by atoms with Crippen LogP contribution >= 0.6 is 0 Å². The van der Waals surface area contributed by atoms with Gasteiger partial charge in [0.05, 0.1) is 12.6 Å². The minimum Gasteiger partial charge on any atom is -0.495 e. The minimum atomic E-state index is -0.945. The molecule has 2 N–H and O–H groups in total. The van der Waals surface area contributed by atoms with Gasteiger partial charge in [0.2, 0.25) is 0 Å². The molecule has 2 aromatic rings. The molecular formula is C13H13NO3. The zero-order chi connectivity index (χ0) is 12.4. The van der Waals surface area contributed by atoms with Gasteiger partial charge in [-0.05, 0) is 18.6 Å². The van der Waals surface area contributed by atoms with Crippen molar-refractivity contribution < 1.29 is 14.6 Å². The molecule has 0 amide bonds. The largest absolute Gasteiger partial charge is 0.495 e. The number of para-hydroxylation sites is 1. The molecule has 0 fully saturated rings. The van der Waals surface area contributed by atoms with Crippen LogP contribution in [0.3, 0.4) is 0 Å². The fourth-order valence-electron chi connectivity index (χ4n) is 1.89. The van der Waals surface area contributed by atoms with Crippen molar-refractivity contribution in [3.8, 4) is 5.75 Å². The number of H-pyrrole nitrogens is 1. The highest BCUT2D eigenvalue weighted by atomic mass is 16.5. The number of nitrogens with one attached hydrogen (secondary N) is 1. The zero-order valence-electron chi connectivity index (χ0n) is 9.65. The summed E-state index contributed by atoms with van der Waals surface area (Å²) in [5, 5.41) is 9.70. The van der Waals surface area contributed by atoms with E-state index in [4.69, 9.17) is 9.84 Å². The van der Waals surface area contributed by atoms with Crippen molar-refractivity contribution >= 4 is 22.4 Å². The lowest BCUT2D eigenvalue weighted by atomic mass is 10.1. The maximum absolute atomic E-state index is 10.7. The molecule has 1 heterocycles. The van der Waals surface area contributed by atoms with Crippen LogP contribution in [0.1, 0.15) is 12.5 Å². The summed E-state index contributed by atoms with van der Waals surface area (Å²) in [5.74, 6) is -0.198. The monoisotopic (exact) mass is 231 g/mol. The first-order chi connectivity index (χ1) is 8.13. The summed E-state index contributed by atoms with van der Waals surface area (Å²) in [7, 11) is 1.61. The number of aromatic nitrogens is 1.